The Kier molecular flexibility index (Phi) is 3.14. The zero-order valence-corrected chi connectivity index (χ0v) is 9.70. The molecule has 0 amide bonds. The van der Waals surface area contributed by atoms with Crippen molar-refractivity contribution in [3.63, 3.8) is 0 Å². The Morgan fingerprint density at radius 3 is 3.13 bits per heavy atom. The summed E-state index contributed by atoms with van der Waals surface area (Å²) >= 11 is 0. The van der Waals surface area contributed by atoms with E-state index >= 15 is 0 Å². The van der Waals surface area contributed by atoms with Crippen LogP contribution in [0, 0.1) is 0 Å². The topological polar surface area (TPSA) is 32.7 Å². The third-order valence-corrected chi connectivity index (χ3v) is 3.58. The summed E-state index contributed by atoms with van der Waals surface area (Å²) < 4.78 is 5.35. The SMILES string of the molecule is COC[C@@]12CCCN1C/C(=C\[C@@H](C)O)C2. The number of aliphatic hydroxyl groups excluding tert-OH is 1. The fourth-order valence-electron chi connectivity index (χ4n) is 3.10. The lowest BCUT2D eigenvalue weighted by Gasteiger charge is -2.30. The highest BCUT2D eigenvalue weighted by atomic mass is 16.5. The van der Waals surface area contributed by atoms with Crippen LogP contribution in [-0.2, 0) is 4.74 Å². The minimum Gasteiger partial charge on any atom is -0.389 e. The number of methoxy groups -OCH3 is 1. The molecule has 3 heteroatoms. The van der Waals surface area contributed by atoms with E-state index < -0.39 is 0 Å². The van der Waals surface area contributed by atoms with Gasteiger partial charge in [-0.05, 0) is 32.7 Å². The zero-order valence-electron chi connectivity index (χ0n) is 9.70. The molecule has 0 aliphatic carbocycles. The van der Waals surface area contributed by atoms with Gasteiger partial charge in [0.25, 0.3) is 0 Å². The average Bonchev–Trinajstić information content (AvgIpc) is 2.59. The highest BCUT2D eigenvalue weighted by Gasteiger charge is 2.46. The summed E-state index contributed by atoms with van der Waals surface area (Å²) in [6, 6.07) is 0. The predicted molar refractivity (Wildman–Crippen MR) is 59.8 cm³/mol. The van der Waals surface area contributed by atoms with Gasteiger partial charge in [-0.3, -0.25) is 4.90 Å². The lowest BCUT2D eigenvalue weighted by molar-refractivity contribution is 0.0656. The van der Waals surface area contributed by atoms with Gasteiger partial charge in [0.05, 0.1) is 12.7 Å². The molecule has 0 aromatic carbocycles. The van der Waals surface area contributed by atoms with Crippen LogP contribution >= 0.6 is 0 Å². The summed E-state index contributed by atoms with van der Waals surface area (Å²) in [5.41, 5.74) is 1.62. The van der Waals surface area contributed by atoms with Crippen LogP contribution in [0.4, 0.5) is 0 Å². The van der Waals surface area contributed by atoms with E-state index in [4.69, 9.17) is 4.74 Å². The normalized spacial score (nSPS) is 36.1. The fraction of sp³-hybridized carbons (Fsp3) is 0.833. The molecule has 86 valence electrons. The average molecular weight is 211 g/mol. The van der Waals surface area contributed by atoms with E-state index in [0.717, 1.165) is 19.6 Å². The molecule has 0 aromatic rings. The molecule has 2 atom stereocenters. The maximum absolute atomic E-state index is 9.36. The number of aliphatic hydroxyl groups is 1. The van der Waals surface area contributed by atoms with Crippen LogP contribution in [0.2, 0.25) is 0 Å². The Balaban J connectivity index is 2.10. The number of rotatable bonds is 3. The van der Waals surface area contributed by atoms with Gasteiger partial charge in [-0.25, -0.2) is 0 Å². The molecule has 0 spiro atoms. The summed E-state index contributed by atoms with van der Waals surface area (Å²) in [7, 11) is 1.78. The van der Waals surface area contributed by atoms with Gasteiger partial charge in [0, 0.05) is 19.2 Å². The molecule has 3 nitrogen and oxygen atoms in total. The maximum Gasteiger partial charge on any atom is 0.0695 e. The minimum atomic E-state index is -0.320. The fourth-order valence-corrected chi connectivity index (χ4v) is 3.10. The van der Waals surface area contributed by atoms with E-state index in [2.05, 4.69) is 4.90 Å². The first kappa shape index (κ1) is 11.1. The Morgan fingerprint density at radius 2 is 2.47 bits per heavy atom. The summed E-state index contributed by atoms with van der Waals surface area (Å²) in [5, 5.41) is 9.36. The van der Waals surface area contributed by atoms with E-state index in [1.165, 1.54) is 25.0 Å². The monoisotopic (exact) mass is 211 g/mol. The van der Waals surface area contributed by atoms with E-state index in [1.807, 2.05) is 13.0 Å². The number of hydrogen-bond donors (Lipinski definition) is 1. The van der Waals surface area contributed by atoms with Gasteiger partial charge in [0.1, 0.15) is 0 Å². The van der Waals surface area contributed by atoms with Crippen molar-refractivity contribution in [1.29, 1.82) is 0 Å². The molecule has 2 saturated heterocycles. The Bertz CT molecular complexity index is 262. The van der Waals surface area contributed by atoms with Gasteiger partial charge in [-0.15, -0.1) is 0 Å². The second-order valence-corrected chi connectivity index (χ2v) is 4.92. The van der Waals surface area contributed by atoms with Gasteiger partial charge >= 0.3 is 0 Å². The van der Waals surface area contributed by atoms with Crippen molar-refractivity contribution in [2.75, 3.05) is 26.8 Å². The quantitative estimate of drug-likeness (QED) is 0.711. The third kappa shape index (κ3) is 2.10. The van der Waals surface area contributed by atoms with E-state index in [9.17, 15) is 5.11 Å². The van der Waals surface area contributed by atoms with Gasteiger partial charge < -0.3 is 9.84 Å². The summed E-state index contributed by atoms with van der Waals surface area (Å²) in [6.07, 6.45) is 5.27. The molecule has 2 aliphatic rings. The van der Waals surface area contributed by atoms with E-state index in [1.54, 1.807) is 7.11 Å². The van der Waals surface area contributed by atoms with Crippen LogP contribution in [0.1, 0.15) is 26.2 Å². The first-order chi connectivity index (χ1) is 7.16. The molecule has 2 rings (SSSR count). The van der Waals surface area contributed by atoms with Crippen molar-refractivity contribution >= 4 is 0 Å². The molecule has 0 radical (unpaired) electrons. The molecule has 2 heterocycles. The van der Waals surface area contributed by atoms with Crippen LogP contribution in [0.5, 0.6) is 0 Å². The van der Waals surface area contributed by atoms with Crippen molar-refractivity contribution in [3.8, 4) is 0 Å². The van der Waals surface area contributed by atoms with Crippen LogP contribution < -0.4 is 0 Å². The van der Waals surface area contributed by atoms with Crippen molar-refractivity contribution in [2.24, 2.45) is 0 Å². The Morgan fingerprint density at radius 1 is 1.67 bits per heavy atom. The van der Waals surface area contributed by atoms with Crippen molar-refractivity contribution < 1.29 is 9.84 Å². The standard InChI is InChI=1S/C12H21NO2/c1-10(14)6-11-7-12(9-15-2)4-3-5-13(12)8-11/h6,10,14H,3-5,7-9H2,1-2H3/b11-6-/t10-,12+/m1/s1. The minimum absolute atomic E-state index is 0.246. The molecular weight excluding hydrogens is 190 g/mol. The number of nitrogens with zero attached hydrogens (tertiary/aromatic N) is 1. The molecule has 0 bridgehead atoms. The van der Waals surface area contributed by atoms with Crippen molar-refractivity contribution in [2.45, 2.75) is 37.8 Å². The zero-order chi connectivity index (χ0) is 10.9. The third-order valence-electron chi connectivity index (χ3n) is 3.58. The lowest BCUT2D eigenvalue weighted by atomic mass is 9.93. The van der Waals surface area contributed by atoms with Crippen LogP contribution in [-0.4, -0.2) is 48.5 Å². The predicted octanol–water partition coefficient (Wildman–Crippen LogP) is 1.18. The van der Waals surface area contributed by atoms with E-state index in [0.29, 0.717) is 0 Å². The van der Waals surface area contributed by atoms with Gasteiger partial charge in [0.15, 0.2) is 0 Å². The van der Waals surface area contributed by atoms with Crippen LogP contribution in [0.3, 0.4) is 0 Å². The van der Waals surface area contributed by atoms with Gasteiger partial charge in [-0.1, -0.05) is 11.6 Å². The second-order valence-electron chi connectivity index (χ2n) is 4.92. The maximum atomic E-state index is 9.36. The molecular formula is C12H21NO2. The largest absolute Gasteiger partial charge is 0.389 e. The first-order valence-electron chi connectivity index (χ1n) is 5.78. The molecule has 15 heavy (non-hydrogen) atoms. The summed E-state index contributed by atoms with van der Waals surface area (Å²) in [6.45, 7) is 4.85. The summed E-state index contributed by atoms with van der Waals surface area (Å²) in [5.74, 6) is 0. The Hall–Kier alpha value is -0.380. The molecule has 0 aromatic heterocycles. The smallest absolute Gasteiger partial charge is 0.0695 e. The lowest BCUT2D eigenvalue weighted by Crippen LogP contribution is -2.42. The number of ether oxygens (including phenoxy) is 1. The van der Waals surface area contributed by atoms with Crippen molar-refractivity contribution in [3.05, 3.63) is 11.6 Å². The van der Waals surface area contributed by atoms with Gasteiger partial charge in [0.2, 0.25) is 0 Å². The van der Waals surface area contributed by atoms with Crippen LogP contribution in [0.15, 0.2) is 11.6 Å². The molecule has 0 unspecified atom stereocenters. The van der Waals surface area contributed by atoms with Crippen LogP contribution in [0.25, 0.3) is 0 Å². The van der Waals surface area contributed by atoms with Crippen molar-refractivity contribution in [1.82, 2.24) is 4.90 Å². The Labute approximate surface area is 91.7 Å². The second kappa shape index (κ2) is 4.24. The van der Waals surface area contributed by atoms with Gasteiger partial charge in [-0.2, -0.15) is 0 Å². The molecule has 2 aliphatic heterocycles. The number of hydrogen-bond acceptors (Lipinski definition) is 3. The molecule has 2 fully saturated rings. The summed E-state index contributed by atoms with van der Waals surface area (Å²) in [4.78, 5) is 2.52. The van der Waals surface area contributed by atoms with E-state index in [-0.39, 0.29) is 11.6 Å². The highest BCUT2D eigenvalue weighted by Crippen LogP contribution is 2.41. The highest BCUT2D eigenvalue weighted by molar-refractivity contribution is 5.21. The first-order valence-corrected chi connectivity index (χ1v) is 5.78. The molecule has 0 saturated carbocycles. The number of fused-ring (bicyclic) bond motifs is 1. The molecule has 1 N–H and O–H groups in total.